The molecule has 21 heavy (non-hydrogen) atoms. The predicted octanol–water partition coefficient (Wildman–Crippen LogP) is 2.71. The summed E-state index contributed by atoms with van der Waals surface area (Å²) < 4.78 is 5.61. The molecule has 0 bridgehead atoms. The second-order valence-electron chi connectivity index (χ2n) is 4.63. The van der Waals surface area contributed by atoms with Crippen molar-refractivity contribution in [3.8, 4) is 0 Å². The minimum absolute atomic E-state index is 0.445. The maximum atomic E-state index is 11.0. The van der Waals surface area contributed by atoms with Crippen molar-refractivity contribution in [2.75, 3.05) is 6.54 Å². The molecule has 0 unspecified atom stereocenters. The van der Waals surface area contributed by atoms with Crippen LogP contribution in [-0.4, -0.2) is 29.9 Å². The van der Waals surface area contributed by atoms with Gasteiger partial charge in [0, 0.05) is 11.6 Å². The summed E-state index contributed by atoms with van der Waals surface area (Å²) >= 11 is 0. The van der Waals surface area contributed by atoms with Gasteiger partial charge >= 0.3 is 5.97 Å². The Kier molecular flexibility index (Phi) is 5.29. The highest BCUT2D eigenvalue weighted by atomic mass is 16.4. The SMILES string of the molecule is NCCC[C@H](N=C/C=C/c1cc2ccccc2o1)C(=O)O. The van der Waals surface area contributed by atoms with Crippen molar-refractivity contribution in [2.45, 2.75) is 18.9 Å². The van der Waals surface area contributed by atoms with Crippen molar-refractivity contribution >= 4 is 29.2 Å². The van der Waals surface area contributed by atoms with Crippen LogP contribution in [-0.2, 0) is 4.79 Å². The van der Waals surface area contributed by atoms with E-state index in [-0.39, 0.29) is 0 Å². The highest BCUT2D eigenvalue weighted by Gasteiger charge is 2.13. The third-order valence-corrected chi connectivity index (χ3v) is 3.02. The number of hydrogen-bond donors (Lipinski definition) is 2. The van der Waals surface area contributed by atoms with E-state index in [1.54, 1.807) is 12.2 Å². The lowest BCUT2D eigenvalue weighted by atomic mass is 10.1. The molecule has 0 saturated heterocycles. The Morgan fingerprint density at radius 2 is 2.24 bits per heavy atom. The first-order valence-corrected chi connectivity index (χ1v) is 6.82. The Bertz CT molecular complexity index is 625. The van der Waals surface area contributed by atoms with E-state index in [0.29, 0.717) is 25.1 Å². The fraction of sp³-hybridized carbons (Fsp3) is 0.250. The number of benzene rings is 1. The summed E-state index contributed by atoms with van der Waals surface area (Å²) in [6.45, 7) is 0.466. The molecule has 0 amide bonds. The number of nitrogens with zero attached hydrogens (tertiary/aromatic N) is 1. The average Bonchev–Trinajstić information content (AvgIpc) is 2.88. The lowest BCUT2D eigenvalue weighted by Crippen LogP contribution is -2.19. The van der Waals surface area contributed by atoms with Gasteiger partial charge < -0.3 is 15.3 Å². The number of nitrogens with two attached hydrogens (primary N) is 1. The molecule has 5 heteroatoms. The highest BCUT2D eigenvalue weighted by Crippen LogP contribution is 2.19. The van der Waals surface area contributed by atoms with Gasteiger partial charge in [0.15, 0.2) is 0 Å². The summed E-state index contributed by atoms with van der Waals surface area (Å²) in [7, 11) is 0. The number of para-hydroxylation sites is 1. The van der Waals surface area contributed by atoms with Crippen LogP contribution < -0.4 is 5.73 Å². The van der Waals surface area contributed by atoms with Gasteiger partial charge in [-0.3, -0.25) is 4.99 Å². The van der Waals surface area contributed by atoms with Crippen LogP contribution in [0.4, 0.5) is 0 Å². The smallest absolute Gasteiger partial charge is 0.328 e. The van der Waals surface area contributed by atoms with Crippen molar-refractivity contribution in [3.63, 3.8) is 0 Å². The fourth-order valence-corrected chi connectivity index (χ4v) is 1.95. The molecule has 0 saturated carbocycles. The van der Waals surface area contributed by atoms with Gasteiger partial charge in [-0.25, -0.2) is 4.79 Å². The fourth-order valence-electron chi connectivity index (χ4n) is 1.95. The Balaban J connectivity index is 1.99. The van der Waals surface area contributed by atoms with Crippen LogP contribution >= 0.6 is 0 Å². The summed E-state index contributed by atoms with van der Waals surface area (Å²) in [4.78, 5) is 15.0. The molecule has 1 heterocycles. The van der Waals surface area contributed by atoms with E-state index < -0.39 is 12.0 Å². The van der Waals surface area contributed by atoms with Gasteiger partial charge in [0.2, 0.25) is 0 Å². The van der Waals surface area contributed by atoms with Crippen molar-refractivity contribution in [1.29, 1.82) is 0 Å². The van der Waals surface area contributed by atoms with Crippen LogP contribution in [0.3, 0.4) is 0 Å². The summed E-state index contributed by atoms with van der Waals surface area (Å²) in [5.41, 5.74) is 6.19. The molecule has 2 rings (SSSR count). The maximum absolute atomic E-state index is 11.0. The van der Waals surface area contributed by atoms with Crippen LogP contribution in [0.25, 0.3) is 17.0 Å². The topological polar surface area (TPSA) is 88.8 Å². The van der Waals surface area contributed by atoms with E-state index in [2.05, 4.69) is 4.99 Å². The van der Waals surface area contributed by atoms with Gasteiger partial charge in [-0.1, -0.05) is 18.2 Å². The van der Waals surface area contributed by atoms with Crippen LogP contribution in [0, 0.1) is 0 Å². The number of aliphatic imine (C=N–C) groups is 1. The van der Waals surface area contributed by atoms with Crippen LogP contribution in [0.15, 0.2) is 45.8 Å². The van der Waals surface area contributed by atoms with Crippen LogP contribution in [0.1, 0.15) is 18.6 Å². The lowest BCUT2D eigenvalue weighted by molar-refractivity contribution is -0.138. The van der Waals surface area contributed by atoms with Crippen LogP contribution in [0.5, 0.6) is 0 Å². The Morgan fingerprint density at radius 3 is 2.95 bits per heavy atom. The minimum Gasteiger partial charge on any atom is -0.480 e. The number of carboxylic acid groups (broad SMARTS) is 1. The van der Waals surface area contributed by atoms with Gasteiger partial charge in [-0.05, 0) is 43.7 Å². The zero-order chi connectivity index (χ0) is 15.1. The largest absolute Gasteiger partial charge is 0.480 e. The highest BCUT2D eigenvalue weighted by molar-refractivity contribution is 5.84. The molecule has 0 radical (unpaired) electrons. The van der Waals surface area contributed by atoms with Gasteiger partial charge in [-0.2, -0.15) is 0 Å². The van der Waals surface area contributed by atoms with Gasteiger partial charge in [0.1, 0.15) is 17.4 Å². The second kappa shape index (κ2) is 7.40. The van der Waals surface area contributed by atoms with Gasteiger partial charge in [0.05, 0.1) is 0 Å². The molecule has 1 aromatic heterocycles. The molecule has 1 atom stereocenters. The van der Waals surface area contributed by atoms with Crippen LogP contribution in [0.2, 0.25) is 0 Å². The number of aliphatic carboxylic acids is 1. The quantitative estimate of drug-likeness (QED) is 0.766. The van der Waals surface area contributed by atoms with E-state index in [0.717, 1.165) is 11.0 Å². The molecular weight excluding hydrogens is 268 g/mol. The third-order valence-electron chi connectivity index (χ3n) is 3.02. The second-order valence-corrected chi connectivity index (χ2v) is 4.63. The summed E-state index contributed by atoms with van der Waals surface area (Å²) in [5, 5.41) is 10.0. The molecule has 5 nitrogen and oxygen atoms in total. The normalized spacial score (nSPS) is 13.4. The van der Waals surface area contributed by atoms with E-state index in [9.17, 15) is 4.79 Å². The minimum atomic E-state index is -0.933. The number of fused-ring (bicyclic) bond motifs is 1. The number of rotatable bonds is 7. The van der Waals surface area contributed by atoms with Crippen molar-refractivity contribution < 1.29 is 14.3 Å². The third kappa shape index (κ3) is 4.29. The Hall–Kier alpha value is -2.40. The van der Waals surface area contributed by atoms with E-state index in [4.69, 9.17) is 15.3 Å². The molecular formula is C16H18N2O3. The zero-order valence-electron chi connectivity index (χ0n) is 11.6. The van der Waals surface area contributed by atoms with Gasteiger partial charge in [-0.15, -0.1) is 0 Å². The summed E-state index contributed by atoms with van der Waals surface area (Å²) in [6, 6.07) is 8.90. The first kappa shape index (κ1) is 15.0. The first-order valence-electron chi connectivity index (χ1n) is 6.82. The molecule has 3 N–H and O–H groups in total. The molecule has 2 aromatic rings. The Morgan fingerprint density at radius 1 is 1.43 bits per heavy atom. The zero-order valence-corrected chi connectivity index (χ0v) is 11.6. The summed E-state index contributed by atoms with van der Waals surface area (Å²) in [5.74, 6) is -0.228. The number of carboxylic acids is 1. The molecule has 0 aliphatic heterocycles. The number of carbonyl (C=O) groups is 1. The summed E-state index contributed by atoms with van der Waals surface area (Å²) in [6.07, 6.45) is 6.01. The lowest BCUT2D eigenvalue weighted by Gasteiger charge is -2.04. The molecule has 0 spiro atoms. The predicted molar refractivity (Wildman–Crippen MR) is 83.5 cm³/mol. The number of hydrogen-bond acceptors (Lipinski definition) is 4. The first-order chi connectivity index (χ1) is 10.2. The number of furan rings is 1. The van der Waals surface area contributed by atoms with Crippen molar-refractivity contribution in [2.24, 2.45) is 10.7 Å². The van der Waals surface area contributed by atoms with E-state index in [1.165, 1.54) is 6.21 Å². The van der Waals surface area contributed by atoms with Gasteiger partial charge in [0.25, 0.3) is 0 Å². The molecule has 0 aliphatic rings. The van der Waals surface area contributed by atoms with E-state index >= 15 is 0 Å². The number of allylic oxidation sites excluding steroid dienone is 1. The standard InChI is InChI=1S/C16H18N2O3/c17-9-3-7-14(16(19)20)18-10-4-6-13-11-12-5-1-2-8-15(12)21-13/h1-2,4-6,8,10-11,14H,3,7,9,17H2,(H,19,20)/b6-4+,18-10?/t14-/m0/s1. The molecule has 0 fully saturated rings. The van der Waals surface area contributed by atoms with Crippen molar-refractivity contribution in [1.82, 2.24) is 0 Å². The molecule has 0 aliphatic carbocycles. The average molecular weight is 286 g/mol. The van der Waals surface area contributed by atoms with E-state index in [1.807, 2.05) is 30.3 Å². The monoisotopic (exact) mass is 286 g/mol. The molecule has 110 valence electrons. The Labute approximate surface area is 122 Å². The maximum Gasteiger partial charge on any atom is 0.328 e. The van der Waals surface area contributed by atoms with Crippen molar-refractivity contribution in [3.05, 3.63) is 42.2 Å². The molecule has 1 aromatic carbocycles.